The average Bonchev–Trinajstić information content (AvgIpc) is 2.85. The van der Waals surface area contributed by atoms with Gasteiger partial charge in [-0.15, -0.1) is 0 Å². The Bertz CT molecular complexity index is 1220. The van der Waals surface area contributed by atoms with Gasteiger partial charge in [0, 0.05) is 13.7 Å². The Hall–Kier alpha value is -4.05. The van der Waals surface area contributed by atoms with E-state index in [1.807, 2.05) is 37.3 Å². The number of H-pyrrole nitrogens is 1. The molecular formula is C25H30N4O6. The molecule has 186 valence electrons. The van der Waals surface area contributed by atoms with Crippen molar-refractivity contribution in [2.45, 2.75) is 19.9 Å². The number of benzene rings is 2. The first-order valence-corrected chi connectivity index (χ1v) is 11.3. The number of nitrogens with zero attached hydrogens (tertiary/aromatic N) is 2. The van der Waals surface area contributed by atoms with E-state index in [-0.39, 0.29) is 44.2 Å². The van der Waals surface area contributed by atoms with Crippen molar-refractivity contribution in [3.8, 4) is 11.5 Å². The van der Waals surface area contributed by atoms with Crippen molar-refractivity contribution in [2.75, 3.05) is 44.1 Å². The van der Waals surface area contributed by atoms with Gasteiger partial charge in [-0.05, 0) is 36.8 Å². The number of nitrogens with one attached hydrogen (secondary N) is 1. The van der Waals surface area contributed by atoms with Crippen LogP contribution in [0.5, 0.6) is 11.5 Å². The van der Waals surface area contributed by atoms with E-state index in [1.54, 1.807) is 24.3 Å². The average molecular weight is 483 g/mol. The minimum absolute atomic E-state index is 0.0202. The van der Waals surface area contributed by atoms with E-state index in [4.69, 9.17) is 19.9 Å². The summed E-state index contributed by atoms with van der Waals surface area (Å²) in [5.41, 5.74) is 5.59. The van der Waals surface area contributed by atoms with Gasteiger partial charge < -0.3 is 24.8 Å². The molecule has 0 bridgehead atoms. The van der Waals surface area contributed by atoms with Crippen molar-refractivity contribution in [3.63, 3.8) is 0 Å². The van der Waals surface area contributed by atoms with Crippen LogP contribution in [-0.4, -0.2) is 48.9 Å². The van der Waals surface area contributed by atoms with Gasteiger partial charge in [0.25, 0.3) is 5.56 Å². The van der Waals surface area contributed by atoms with Crippen LogP contribution in [0.4, 0.5) is 11.5 Å². The second-order valence-electron chi connectivity index (χ2n) is 7.61. The Morgan fingerprint density at radius 2 is 1.66 bits per heavy atom. The Morgan fingerprint density at radius 1 is 1.00 bits per heavy atom. The second kappa shape index (κ2) is 12.4. The van der Waals surface area contributed by atoms with E-state index in [0.717, 1.165) is 11.3 Å². The molecular weight excluding hydrogens is 452 g/mol. The van der Waals surface area contributed by atoms with E-state index < -0.39 is 17.2 Å². The third-order valence-electron chi connectivity index (χ3n) is 5.21. The Labute approximate surface area is 202 Å². The molecule has 0 atom stereocenters. The number of nitrogen functional groups attached to an aromatic ring is 1. The quantitative estimate of drug-likeness (QED) is 0.404. The molecule has 10 nitrogen and oxygen atoms in total. The molecule has 0 aliphatic carbocycles. The van der Waals surface area contributed by atoms with Crippen LogP contribution in [0.2, 0.25) is 0 Å². The van der Waals surface area contributed by atoms with Crippen molar-refractivity contribution >= 4 is 17.4 Å². The molecule has 35 heavy (non-hydrogen) atoms. The topological polar surface area (TPSA) is 129 Å². The number of carbonyl (C=O) groups is 1. The highest BCUT2D eigenvalue weighted by atomic mass is 16.5. The fraction of sp³-hybridized carbons (Fsp3) is 0.320. The predicted molar refractivity (Wildman–Crippen MR) is 133 cm³/mol. The van der Waals surface area contributed by atoms with E-state index in [0.29, 0.717) is 12.4 Å². The zero-order chi connectivity index (χ0) is 25.2. The molecule has 0 aliphatic heterocycles. The zero-order valence-electron chi connectivity index (χ0n) is 19.9. The summed E-state index contributed by atoms with van der Waals surface area (Å²) in [5.74, 6) is 0.815. The molecule has 0 saturated heterocycles. The first-order valence-electron chi connectivity index (χ1n) is 11.3. The first kappa shape index (κ1) is 25.6. The third kappa shape index (κ3) is 6.73. The molecule has 3 N–H and O–H groups in total. The van der Waals surface area contributed by atoms with Crippen LogP contribution in [0.3, 0.4) is 0 Å². The molecule has 0 fully saturated rings. The summed E-state index contributed by atoms with van der Waals surface area (Å²) in [4.78, 5) is 41.8. The number of anilines is 2. The first-order chi connectivity index (χ1) is 16.9. The molecule has 3 aromatic rings. The fourth-order valence-corrected chi connectivity index (χ4v) is 3.49. The number of amides is 1. The van der Waals surface area contributed by atoms with Gasteiger partial charge in [-0.3, -0.25) is 19.1 Å². The van der Waals surface area contributed by atoms with Crippen molar-refractivity contribution in [1.29, 1.82) is 0 Å². The number of nitrogens with two attached hydrogens (primary N) is 1. The monoisotopic (exact) mass is 482 g/mol. The van der Waals surface area contributed by atoms with Gasteiger partial charge in [0.2, 0.25) is 5.91 Å². The molecule has 1 aromatic heterocycles. The van der Waals surface area contributed by atoms with Gasteiger partial charge in [0.1, 0.15) is 17.3 Å². The molecule has 0 radical (unpaired) electrons. The minimum atomic E-state index is -0.742. The maximum absolute atomic E-state index is 13.1. The highest BCUT2D eigenvalue weighted by Crippen LogP contribution is 2.20. The molecule has 0 spiro atoms. The lowest BCUT2D eigenvalue weighted by Crippen LogP contribution is -2.43. The van der Waals surface area contributed by atoms with Crippen LogP contribution >= 0.6 is 0 Å². The molecule has 1 amide bonds. The molecule has 0 aliphatic rings. The van der Waals surface area contributed by atoms with Gasteiger partial charge in [-0.1, -0.05) is 30.3 Å². The summed E-state index contributed by atoms with van der Waals surface area (Å²) in [6.07, 6.45) is -0.0202. The number of aromatic nitrogens is 2. The Balaban J connectivity index is 1.79. The molecule has 0 unspecified atom stereocenters. The van der Waals surface area contributed by atoms with Crippen molar-refractivity contribution < 1.29 is 19.0 Å². The van der Waals surface area contributed by atoms with E-state index in [1.165, 1.54) is 16.6 Å². The summed E-state index contributed by atoms with van der Waals surface area (Å²) in [7, 11) is 1.49. The maximum atomic E-state index is 13.1. The predicted octanol–water partition coefficient (Wildman–Crippen LogP) is 2.01. The number of rotatable bonds is 12. The summed E-state index contributed by atoms with van der Waals surface area (Å²) in [6.45, 7) is 2.93. The van der Waals surface area contributed by atoms with Crippen LogP contribution in [0.15, 0.2) is 64.2 Å². The molecule has 3 rings (SSSR count). The van der Waals surface area contributed by atoms with Crippen molar-refractivity contribution in [1.82, 2.24) is 9.55 Å². The maximum Gasteiger partial charge on any atom is 0.330 e. The Morgan fingerprint density at radius 3 is 2.29 bits per heavy atom. The van der Waals surface area contributed by atoms with E-state index in [2.05, 4.69) is 4.98 Å². The normalized spacial score (nSPS) is 10.7. The SMILES string of the molecule is CCOc1ccc(OCCC(=O)N(CCOC)c2c(N)n(Cc3ccccc3)c(=O)[nH]c2=O)cc1. The van der Waals surface area contributed by atoms with Crippen LogP contribution in [-0.2, 0) is 16.1 Å². The van der Waals surface area contributed by atoms with Gasteiger partial charge in [-0.2, -0.15) is 0 Å². The fourth-order valence-electron chi connectivity index (χ4n) is 3.49. The number of ether oxygens (including phenoxy) is 3. The van der Waals surface area contributed by atoms with Crippen LogP contribution in [0, 0.1) is 0 Å². The highest BCUT2D eigenvalue weighted by Gasteiger charge is 2.24. The van der Waals surface area contributed by atoms with Gasteiger partial charge in [-0.25, -0.2) is 4.79 Å². The standard InChI is InChI=1S/C25H30N4O6/c1-3-34-19-9-11-20(12-10-19)35-15-13-21(30)28(14-16-33-2)22-23(26)29(25(32)27-24(22)31)17-18-7-5-4-6-8-18/h4-12H,3,13-17,26H2,1-2H3,(H,27,31,32). The summed E-state index contributed by atoms with van der Waals surface area (Å²) in [6, 6.07) is 16.3. The number of methoxy groups -OCH3 is 1. The smallest absolute Gasteiger partial charge is 0.330 e. The summed E-state index contributed by atoms with van der Waals surface area (Å²) >= 11 is 0. The second-order valence-corrected chi connectivity index (χ2v) is 7.61. The van der Waals surface area contributed by atoms with E-state index >= 15 is 0 Å². The van der Waals surface area contributed by atoms with Gasteiger partial charge >= 0.3 is 5.69 Å². The number of hydrogen-bond acceptors (Lipinski definition) is 7. The van der Waals surface area contributed by atoms with Crippen LogP contribution < -0.4 is 31.4 Å². The lowest BCUT2D eigenvalue weighted by molar-refractivity contribution is -0.119. The van der Waals surface area contributed by atoms with Gasteiger partial charge in [0.05, 0.1) is 32.8 Å². The summed E-state index contributed by atoms with van der Waals surface area (Å²) in [5, 5.41) is 0. The van der Waals surface area contributed by atoms with Crippen molar-refractivity contribution in [3.05, 3.63) is 81.0 Å². The zero-order valence-corrected chi connectivity index (χ0v) is 19.9. The Kier molecular flexibility index (Phi) is 9.08. The van der Waals surface area contributed by atoms with Crippen molar-refractivity contribution in [2.24, 2.45) is 0 Å². The third-order valence-corrected chi connectivity index (χ3v) is 5.21. The van der Waals surface area contributed by atoms with E-state index in [9.17, 15) is 14.4 Å². The minimum Gasteiger partial charge on any atom is -0.494 e. The molecule has 10 heteroatoms. The van der Waals surface area contributed by atoms with Crippen LogP contribution in [0.1, 0.15) is 18.9 Å². The summed E-state index contributed by atoms with van der Waals surface area (Å²) < 4.78 is 17.4. The molecule has 0 saturated carbocycles. The number of aromatic amines is 1. The number of carbonyl (C=O) groups excluding carboxylic acids is 1. The molecule has 1 heterocycles. The van der Waals surface area contributed by atoms with Crippen LogP contribution in [0.25, 0.3) is 0 Å². The largest absolute Gasteiger partial charge is 0.494 e. The number of hydrogen-bond donors (Lipinski definition) is 2. The molecule has 2 aromatic carbocycles. The van der Waals surface area contributed by atoms with Gasteiger partial charge in [0.15, 0.2) is 5.69 Å². The highest BCUT2D eigenvalue weighted by molar-refractivity contribution is 5.95. The lowest BCUT2D eigenvalue weighted by atomic mass is 10.2. The lowest BCUT2D eigenvalue weighted by Gasteiger charge is -2.24.